The molecule has 3 heteroatoms. The van der Waals surface area contributed by atoms with E-state index in [2.05, 4.69) is 46.4 Å². The van der Waals surface area contributed by atoms with E-state index in [0.29, 0.717) is 6.61 Å². The monoisotopic (exact) mass is 375 g/mol. The molecule has 0 saturated carbocycles. The van der Waals surface area contributed by atoms with Gasteiger partial charge in [0.15, 0.2) is 0 Å². The molecule has 1 N–H and O–H groups in total. The number of nitrogens with one attached hydrogen (secondary N) is 1. The fourth-order valence-corrected chi connectivity index (χ4v) is 2.96. The van der Waals surface area contributed by atoms with Gasteiger partial charge in [0, 0.05) is 16.6 Å². The van der Waals surface area contributed by atoms with Gasteiger partial charge >= 0.3 is 0 Å². The number of halogens is 1. The van der Waals surface area contributed by atoms with Crippen molar-refractivity contribution in [2.45, 2.75) is 45.8 Å². The zero-order valence-electron chi connectivity index (χ0n) is 13.9. The molecule has 0 aliphatic rings. The summed E-state index contributed by atoms with van der Waals surface area (Å²) in [5.74, 6) is 0.948. The van der Waals surface area contributed by atoms with Crippen LogP contribution in [0.25, 0.3) is 0 Å². The van der Waals surface area contributed by atoms with Crippen molar-refractivity contribution >= 4 is 15.9 Å². The van der Waals surface area contributed by atoms with E-state index in [0.717, 1.165) is 23.3 Å². The van der Waals surface area contributed by atoms with E-state index in [1.807, 2.05) is 30.3 Å². The summed E-state index contributed by atoms with van der Waals surface area (Å²) in [4.78, 5) is 0. The zero-order chi connectivity index (χ0) is 16.3. The van der Waals surface area contributed by atoms with Gasteiger partial charge in [-0.25, -0.2) is 0 Å². The summed E-state index contributed by atoms with van der Waals surface area (Å²) >= 11 is 3.65. The molecule has 2 rings (SSSR count). The Labute approximate surface area is 148 Å². The molecule has 0 unspecified atom stereocenters. The highest BCUT2D eigenvalue weighted by atomic mass is 79.9. The van der Waals surface area contributed by atoms with Crippen LogP contribution in [0.2, 0.25) is 0 Å². The summed E-state index contributed by atoms with van der Waals surface area (Å²) in [5, 5.41) is 3.53. The van der Waals surface area contributed by atoms with Gasteiger partial charge in [0.2, 0.25) is 0 Å². The predicted molar refractivity (Wildman–Crippen MR) is 101 cm³/mol. The first kappa shape index (κ1) is 18.0. The second-order valence-corrected chi connectivity index (χ2v) is 6.58. The Balaban J connectivity index is 1.88. The average Bonchev–Trinajstić information content (AvgIpc) is 2.58. The smallest absolute Gasteiger partial charge is 0.125 e. The first-order valence-electron chi connectivity index (χ1n) is 8.46. The number of ether oxygens (including phenoxy) is 1. The second kappa shape index (κ2) is 10.5. The minimum Gasteiger partial charge on any atom is -0.489 e. The highest BCUT2D eigenvalue weighted by Gasteiger charge is 2.08. The van der Waals surface area contributed by atoms with E-state index in [1.165, 1.54) is 36.8 Å². The molecule has 23 heavy (non-hydrogen) atoms. The van der Waals surface area contributed by atoms with Gasteiger partial charge in [-0.1, -0.05) is 78.5 Å². The summed E-state index contributed by atoms with van der Waals surface area (Å²) in [5.41, 5.74) is 2.38. The van der Waals surface area contributed by atoms with E-state index in [9.17, 15) is 0 Å². The standard InChI is InChI=1S/C20H26BrNO/c1-2-3-4-8-14-22-15-18-19(21)12-9-13-20(18)23-16-17-10-6-5-7-11-17/h5-7,9-13,22H,2-4,8,14-16H2,1H3. The van der Waals surface area contributed by atoms with Crippen LogP contribution >= 0.6 is 15.9 Å². The van der Waals surface area contributed by atoms with Crippen LogP contribution in [0.1, 0.15) is 43.7 Å². The molecule has 2 aromatic rings. The Morgan fingerprint density at radius 3 is 2.57 bits per heavy atom. The lowest BCUT2D eigenvalue weighted by Gasteiger charge is -2.14. The summed E-state index contributed by atoms with van der Waals surface area (Å²) in [7, 11) is 0. The van der Waals surface area contributed by atoms with E-state index >= 15 is 0 Å². The first-order valence-corrected chi connectivity index (χ1v) is 9.25. The van der Waals surface area contributed by atoms with E-state index in [-0.39, 0.29) is 0 Å². The van der Waals surface area contributed by atoms with Crippen molar-refractivity contribution in [3.8, 4) is 5.75 Å². The molecular formula is C20H26BrNO. The second-order valence-electron chi connectivity index (χ2n) is 5.73. The van der Waals surface area contributed by atoms with Crippen molar-refractivity contribution in [1.29, 1.82) is 0 Å². The third-order valence-corrected chi connectivity index (χ3v) is 4.56. The number of unbranched alkanes of at least 4 members (excludes halogenated alkanes) is 3. The number of rotatable bonds is 10. The van der Waals surface area contributed by atoms with Crippen molar-refractivity contribution in [1.82, 2.24) is 5.32 Å². The lowest BCUT2D eigenvalue weighted by Crippen LogP contribution is -2.16. The van der Waals surface area contributed by atoms with Gasteiger partial charge in [-0.2, -0.15) is 0 Å². The molecular weight excluding hydrogens is 350 g/mol. The molecule has 0 heterocycles. The van der Waals surface area contributed by atoms with Crippen LogP contribution in [0.15, 0.2) is 53.0 Å². The Morgan fingerprint density at radius 1 is 0.957 bits per heavy atom. The number of benzene rings is 2. The van der Waals surface area contributed by atoms with Crippen LogP contribution in [0, 0.1) is 0 Å². The molecule has 0 atom stereocenters. The summed E-state index contributed by atoms with van der Waals surface area (Å²) < 4.78 is 7.13. The van der Waals surface area contributed by atoms with Gasteiger partial charge in [-0.05, 0) is 30.7 Å². The van der Waals surface area contributed by atoms with Crippen LogP contribution in [-0.4, -0.2) is 6.54 Å². The molecule has 0 fully saturated rings. The van der Waals surface area contributed by atoms with Gasteiger partial charge in [0.05, 0.1) is 0 Å². The fourth-order valence-electron chi connectivity index (χ4n) is 2.47. The zero-order valence-corrected chi connectivity index (χ0v) is 15.4. The Kier molecular flexibility index (Phi) is 8.19. The maximum absolute atomic E-state index is 6.03. The van der Waals surface area contributed by atoms with Crippen molar-refractivity contribution in [2.24, 2.45) is 0 Å². The summed E-state index contributed by atoms with van der Waals surface area (Å²) in [6.07, 6.45) is 5.14. The van der Waals surface area contributed by atoms with Crippen LogP contribution in [-0.2, 0) is 13.2 Å². The third-order valence-electron chi connectivity index (χ3n) is 3.82. The Hall–Kier alpha value is -1.32. The Bertz CT molecular complexity index is 571. The molecule has 0 aliphatic carbocycles. The van der Waals surface area contributed by atoms with Gasteiger partial charge in [0.1, 0.15) is 12.4 Å². The van der Waals surface area contributed by atoms with Crippen LogP contribution in [0.3, 0.4) is 0 Å². The van der Waals surface area contributed by atoms with Crippen molar-refractivity contribution in [3.05, 3.63) is 64.1 Å². The Morgan fingerprint density at radius 2 is 1.78 bits per heavy atom. The minimum absolute atomic E-state index is 0.598. The predicted octanol–water partition coefficient (Wildman–Crippen LogP) is 5.70. The number of hydrogen-bond donors (Lipinski definition) is 1. The molecule has 0 radical (unpaired) electrons. The highest BCUT2D eigenvalue weighted by Crippen LogP contribution is 2.27. The van der Waals surface area contributed by atoms with Crippen LogP contribution in [0.5, 0.6) is 5.75 Å². The topological polar surface area (TPSA) is 21.3 Å². The maximum Gasteiger partial charge on any atom is 0.125 e. The van der Waals surface area contributed by atoms with Crippen molar-refractivity contribution in [2.75, 3.05) is 6.54 Å². The van der Waals surface area contributed by atoms with E-state index < -0.39 is 0 Å². The van der Waals surface area contributed by atoms with E-state index in [1.54, 1.807) is 0 Å². The lowest BCUT2D eigenvalue weighted by molar-refractivity contribution is 0.302. The van der Waals surface area contributed by atoms with Gasteiger partial charge in [-0.3, -0.25) is 0 Å². The van der Waals surface area contributed by atoms with Gasteiger partial charge in [0.25, 0.3) is 0 Å². The largest absolute Gasteiger partial charge is 0.489 e. The maximum atomic E-state index is 6.03. The van der Waals surface area contributed by atoms with Gasteiger partial charge < -0.3 is 10.1 Å². The lowest BCUT2D eigenvalue weighted by atomic mass is 10.2. The van der Waals surface area contributed by atoms with Gasteiger partial charge in [-0.15, -0.1) is 0 Å². The molecule has 124 valence electrons. The molecule has 2 aromatic carbocycles. The molecule has 0 amide bonds. The summed E-state index contributed by atoms with van der Waals surface area (Å²) in [6, 6.07) is 16.4. The first-order chi connectivity index (χ1) is 11.3. The highest BCUT2D eigenvalue weighted by molar-refractivity contribution is 9.10. The number of hydrogen-bond acceptors (Lipinski definition) is 2. The van der Waals surface area contributed by atoms with E-state index in [4.69, 9.17) is 4.74 Å². The molecule has 0 saturated heterocycles. The minimum atomic E-state index is 0.598. The van der Waals surface area contributed by atoms with Crippen molar-refractivity contribution < 1.29 is 4.74 Å². The average molecular weight is 376 g/mol. The fraction of sp³-hybridized carbons (Fsp3) is 0.400. The molecule has 0 aromatic heterocycles. The third kappa shape index (κ3) is 6.36. The van der Waals surface area contributed by atoms with Crippen molar-refractivity contribution in [3.63, 3.8) is 0 Å². The molecule has 0 bridgehead atoms. The SMILES string of the molecule is CCCCCCNCc1c(Br)cccc1OCc1ccccc1. The quantitative estimate of drug-likeness (QED) is 0.537. The molecule has 0 aliphatic heterocycles. The van der Waals surface area contributed by atoms with Crippen LogP contribution in [0.4, 0.5) is 0 Å². The molecule has 0 spiro atoms. The summed E-state index contributed by atoms with van der Waals surface area (Å²) in [6.45, 7) is 4.72. The molecule has 2 nitrogen and oxygen atoms in total. The van der Waals surface area contributed by atoms with Crippen LogP contribution < -0.4 is 10.1 Å². The normalized spacial score (nSPS) is 10.7.